The molecule has 3 aromatic rings. The zero-order chi connectivity index (χ0) is 16.0. The average Bonchev–Trinajstić information content (AvgIpc) is 3.16. The maximum Gasteiger partial charge on any atom is 0.252 e. The molecule has 1 amide bonds. The second kappa shape index (κ2) is 5.50. The fraction of sp³-hybridized carbons (Fsp3) is 0.125. The molecule has 1 aromatic carbocycles. The first-order valence-electron chi connectivity index (χ1n) is 7.02. The monoisotopic (exact) mass is 327 g/mol. The second-order valence-electron chi connectivity index (χ2n) is 5.55. The van der Waals surface area contributed by atoms with Crippen LogP contribution in [0.3, 0.4) is 0 Å². The second-order valence-corrected chi connectivity index (χ2v) is 5.55. The highest BCUT2D eigenvalue weighted by molar-refractivity contribution is 6.01. The van der Waals surface area contributed by atoms with Crippen molar-refractivity contribution in [1.82, 2.24) is 25.5 Å². The van der Waals surface area contributed by atoms with E-state index in [0.717, 1.165) is 17.3 Å². The number of aromatic amines is 1. The molecular formula is C16H14FN5O2. The summed E-state index contributed by atoms with van der Waals surface area (Å²) in [6.07, 6.45) is 5.79. The number of amides is 1. The van der Waals surface area contributed by atoms with Gasteiger partial charge in [0.15, 0.2) is 5.82 Å². The Morgan fingerprint density at radius 1 is 1.21 bits per heavy atom. The van der Waals surface area contributed by atoms with Gasteiger partial charge in [0, 0.05) is 17.3 Å². The Labute approximate surface area is 136 Å². The normalized spacial score (nSPS) is 18.7. The first kappa shape index (κ1) is 15.8. The number of fused-ring (bicyclic) bond motifs is 1. The number of carbonyl (C=O) groups excluding carboxylic acids is 1. The van der Waals surface area contributed by atoms with E-state index in [-0.39, 0.29) is 17.1 Å². The molecule has 0 bridgehead atoms. The zero-order valence-electron chi connectivity index (χ0n) is 12.7. The third-order valence-electron chi connectivity index (χ3n) is 4.14. The fourth-order valence-corrected chi connectivity index (χ4v) is 2.99. The molecule has 0 unspecified atom stereocenters. The molecule has 8 heteroatoms. The molecule has 3 heterocycles. The van der Waals surface area contributed by atoms with E-state index in [0.29, 0.717) is 11.1 Å². The highest BCUT2D eigenvalue weighted by Crippen LogP contribution is 2.38. The summed E-state index contributed by atoms with van der Waals surface area (Å²) >= 11 is 0. The Bertz CT molecular complexity index is 913. The molecule has 1 aliphatic rings. The smallest absolute Gasteiger partial charge is 0.252 e. The van der Waals surface area contributed by atoms with Crippen LogP contribution in [0.2, 0.25) is 0 Å². The Balaban J connectivity index is 0.00000169. The van der Waals surface area contributed by atoms with Crippen molar-refractivity contribution in [3.63, 3.8) is 0 Å². The molecule has 1 aliphatic heterocycles. The number of benzene rings is 1. The summed E-state index contributed by atoms with van der Waals surface area (Å²) in [4.78, 5) is 20.1. The van der Waals surface area contributed by atoms with Gasteiger partial charge in [-0.2, -0.15) is 5.10 Å². The third kappa shape index (κ3) is 2.16. The minimum absolute atomic E-state index is 0. The highest BCUT2D eigenvalue weighted by atomic mass is 19.1. The van der Waals surface area contributed by atoms with Crippen molar-refractivity contribution in [3.8, 4) is 11.1 Å². The maximum absolute atomic E-state index is 14.1. The predicted molar refractivity (Wildman–Crippen MR) is 83.5 cm³/mol. The van der Waals surface area contributed by atoms with Crippen molar-refractivity contribution in [2.24, 2.45) is 0 Å². The van der Waals surface area contributed by atoms with Gasteiger partial charge in [-0.3, -0.25) is 9.89 Å². The van der Waals surface area contributed by atoms with Crippen molar-refractivity contribution in [2.75, 3.05) is 0 Å². The molecule has 4 rings (SSSR count). The van der Waals surface area contributed by atoms with Gasteiger partial charge >= 0.3 is 0 Å². The molecule has 0 aliphatic carbocycles. The summed E-state index contributed by atoms with van der Waals surface area (Å²) in [6.45, 7) is 1.74. The molecule has 0 radical (unpaired) electrons. The number of carbonyl (C=O) groups is 1. The Morgan fingerprint density at radius 3 is 2.75 bits per heavy atom. The van der Waals surface area contributed by atoms with E-state index in [9.17, 15) is 9.18 Å². The summed E-state index contributed by atoms with van der Waals surface area (Å²) in [7, 11) is 0. The molecular weight excluding hydrogens is 313 g/mol. The van der Waals surface area contributed by atoms with E-state index in [1.165, 1.54) is 6.33 Å². The Hall–Kier alpha value is -3.13. The molecule has 24 heavy (non-hydrogen) atoms. The van der Waals surface area contributed by atoms with E-state index in [2.05, 4.69) is 25.5 Å². The molecule has 0 fully saturated rings. The number of nitrogens with one attached hydrogen (secondary N) is 2. The largest absolute Gasteiger partial charge is 0.412 e. The topological polar surface area (TPSA) is 115 Å². The minimum atomic E-state index is -1.02. The maximum atomic E-state index is 14.1. The summed E-state index contributed by atoms with van der Waals surface area (Å²) in [5.41, 5.74) is 2.06. The number of hydrogen-bond acceptors (Lipinski definition) is 4. The third-order valence-corrected chi connectivity index (χ3v) is 4.14. The van der Waals surface area contributed by atoms with Gasteiger partial charge in [0.05, 0.1) is 12.4 Å². The lowest BCUT2D eigenvalue weighted by molar-refractivity contribution is 0.0943. The van der Waals surface area contributed by atoms with Gasteiger partial charge in [-0.25, -0.2) is 14.4 Å². The molecule has 1 atom stereocenters. The van der Waals surface area contributed by atoms with Crippen LogP contribution in [0.4, 0.5) is 4.39 Å². The Morgan fingerprint density at radius 2 is 2.04 bits per heavy atom. The van der Waals surface area contributed by atoms with Gasteiger partial charge < -0.3 is 10.8 Å². The minimum Gasteiger partial charge on any atom is -0.412 e. The van der Waals surface area contributed by atoms with Crippen LogP contribution in [-0.4, -0.2) is 31.5 Å². The molecule has 7 nitrogen and oxygen atoms in total. The van der Waals surface area contributed by atoms with Gasteiger partial charge in [0.25, 0.3) is 5.91 Å². The zero-order valence-corrected chi connectivity index (χ0v) is 12.7. The van der Waals surface area contributed by atoms with Crippen molar-refractivity contribution < 1.29 is 14.7 Å². The molecule has 2 aromatic heterocycles. The van der Waals surface area contributed by atoms with Crippen LogP contribution in [-0.2, 0) is 5.54 Å². The number of rotatable bonds is 2. The van der Waals surface area contributed by atoms with Crippen molar-refractivity contribution >= 4 is 5.91 Å². The standard InChI is InChI=1S/C16H12FN5O.H2O/c1-16(14-13(17)7-18-8-19-14)12-3-2-9(10-5-20-21-6-10)4-11(12)15(23)22-16;/h2-8H,1H3,(H,20,21)(H,22,23);1H2/t16-;/m1./s1. The summed E-state index contributed by atoms with van der Waals surface area (Å²) in [6, 6.07) is 5.47. The van der Waals surface area contributed by atoms with Gasteiger partial charge in [0.2, 0.25) is 0 Å². The van der Waals surface area contributed by atoms with Crippen LogP contribution in [0, 0.1) is 5.82 Å². The number of halogens is 1. The van der Waals surface area contributed by atoms with Crippen LogP contribution in [0.5, 0.6) is 0 Å². The van der Waals surface area contributed by atoms with Crippen LogP contribution < -0.4 is 5.32 Å². The van der Waals surface area contributed by atoms with Gasteiger partial charge in [-0.05, 0) is 24.1 Å². The lowest BCUT2D eigenvalue weighted by Crippen LogP contribution is -2.39. The molecule has 0 saturated heterocycles. The van der Waals surface area contributed by atoms with E-state index in [4.69, 9.17) is 0 Å². The van der Waals surface area contributed by atoms with Gasteiger partial charge in [-0.1, -0.05) is 12.1 Å². The molecule has 4 N–H and O–H groups in total. The van der Waals surface area contributed by atoms with Crippen LogP contribution in [0.1, 0.15) is 28.5 Å². The SMILES string of the molecule is C[C@@]1(c2ncncc2F)NC(=O)c2cc(-c3cn[nH]c3)ccc21.O. The van der Waals surface area contributed by atoms with E-state index in [1.807, 2.05) is 12.1 Å². The number of H-pyrrole nitrogens is 1. The quantitative estimate of drug-likeness (QED) is 0.735. The lowest BCUT2D eigenvalue weighted by atomic mass is 9.87. The number of aromatic nitrogens is 4. The summed E-state index contributed by atoms with van der Waals surface area (Å²) in [5, 5.41) is 9.48. The fourth-order valence-electron chi connectivity index (χ4n) is 2.99. The van der Waals surface area contributed by atoms with Crippen LogP contribution in [0.25, 0.3) is 11.1 Å². The molecule has 0 saturated carbocycles. The Kier molecular flexibility index (Phi) is 3.61. The van der Waals surface area contributed by atoms with E-state index >= 15 is 0 Å². The summed E-state index contributed by atoms with van der Waals surface area (Å²) < 4.78 is 14.1. The van der Waals surface area contributed by atoms with Gasteiger partial charge in [0.1, 0.15) is 17.6 Å². The van der Waals surface area contributed by atoms with Crippen molar-refractivity contribution in [2.45, 2.75) is 12.5 Å². The highest BCUT2D eigenvalue weighted by Gasteiger charge is 2.43. The van der Waals surface area contributed by atoms with Crippen LogP contribution in [0.15, 0.2) is 43.1 Å². The lowest BCUT2D eigenvalue weighted by Gasteiger charge is -2.25. The average molecular weight is 327 g/mol. The van der Waals surface area contributed by atoms with Crippen LogP contribution >= 0.6 is 0 Å². The summed E-state index contributed by atoms with van der Waals surface area (Å²) in [5.74, 6) is -0.812. The van der Waals surface area contributed by atoms with E-state index < -0.39 is 11.4 Å². The van der Waals surface area contributed by atoms with Crippen molar-refractivity contribution in [3.05, 3.63) is 65.8 Å². The number of hydrogen-bond donors (Lipinski definition) is 2. The molecule has 122 valence electrons. The number of nitrogens with zero attached hydrogens (tertiary/aromatic N) is 3. The van der Waals surface area contributed by atoms with E-state index in [1.54, 1.807) is 25.4 Å². The van der Waals surface area contributed by atoms with Gasteiger partial charge in [-0.15, -0.1) is 0 Å². The first-order chi connectivity index (χ1) is 11.1. The first-order valence-corrected chi connectivity index (χ1v) is 7.02. The van der Waals surface area contributed by atoms with Crippen molar-refractivity contribution in [1.29, 1.82) is 0 Å². The predicted octanol–water partition coefficient (Wildman–Crippen LogP) is 1.19. The molecule has 0 spiro atoms.